The highest BCUT2D eigenvalue weighted by molar-refractivity contribution is 7.89. The van der Waals surface area contributed by atoms with Crippen LogP contribution in [0.25, 0.3) is 0 Å². The van der Waals surface area contributed by atoms with Crippen LogP contribution in [-0.2, 0) is 10.0 Å². The van der Waals surface area contributed by atoms with E-state index in [-0.39, 0.29) is 16.9 Å². The standard InChI is InChI=1S/C8H14ClN3O2S/c1-6(4-9)12(3)15(13,14)8-5-10-7(2)11-8/h5-6H,4H2,1-3H3,(H,10,11). The van der Waals surface area contributed by atoms with Gasteiger partial charge < -0.3 is 4.98 Å². The molecular weight excluding hydrogens is 238 g/mol. The van der Waals surface area contributed by atoms with E-state index in [2.05, 4.69) is 9.97 Å². The minimum atomic E-state index is -3.50. The molecule has 1 N–H and O–H groups in total. The number of hydrogen-bond donors (Lipinski definition) is 1. The van der Waals surface area contributed by atoms with E-state index in [0.717, 1.165) is 0 Å². The number of alkyl halides is 1. The molecule has 0 aliphatic rings. The van der Waals surface area contributed by atoms with Gasteiger partial charge in [-0.05, 0) is 13.8 Å². The van der Waals surface area contributed by atoms with E-state index in [9.17, 15) is 8.42 Å². The summed E-state index contributed by atoms with van der Waals surface area (Å²) in [6, 6.07) is -0.250. The van der Waals surface area contributed by atoms with E-state index in [4.69, 9.17) is 11.6 Å². The number of imidazole rings is 1. The maximum absolute atomic E-state index is 11.9. The number of sulfonamides is 1. The van der Waals surface area contributed by atoms with E-state index < -0.39 is 10.0 Å². The number of H-pyrrole nitrogens is 1. The quantitative estimate of drug-likeness (QED) is 0.811. The largest absolute Gasteiger partial charge is 0.332 e. The Kier molecular flexibility index (Phi) is 3.75. The first-order chi connectivity index (χ1) is 6.89. The van der Waals surface area contributed by atoms with Gasteiger partial charge in [0.05, 0.1) is 6.20 Å². The Bertz CT molecular complexity index is 429. The normalized spacial score (nSPS) is 14.5. The van der Waals surface area contributed by atoms with Crippen LogP contribution in [0, 0.1) is 6.92 Å². The number of rotatable bonds is 4. The van der Waals surface area contributed by atoms with Crippen LogP contribution in [-0.4, -0.2) is 41.7 Å². The zero-order valence-electron chi connectivity index (χ0n) is 8.86. The zero-order valence-corrected chi connectivity index (χ0v) is 10.4. The van der Waals surface area contributed by atoms with E-state index in [1.165, 1.54) is 17.5 Å². The Morgan fingerprint density at radius 2 is 2.27 bits per heavy atom. The third-order valence-electron chi connectivity index (χ3n) is 2.18. The first-order valence-electron chi connectivity index (χ1n) is 4.45. The fourth-order valence-electron chi connectivity index (χ4n) is 1.02. The van der Waals surface area contributed by atoms with Crippen molar-refractivity contribution in [2.24, 2.45) is 0 Å². The molecule has 0 amide bonds. The molecule has 7 heteroatoms. The lowest BCUT2D eigenvalue weighted by Gasteiger charge is -2.21. The van der Waals surface area contributed by atoms with E-state index in [1.54, 1.807) is 13.8 Å². The molecule has 1 atom stereocenters. The van der Waals surface area contributed by atoms with Crippen LogP contribution in [0.5, 0.6) is 0 Å². The highest BCUT2D eigenvalue weighted by Crippen LogP contribution is 2.14. The van der Waals surface area contributed by atoms with Crippen LogP contribution in [0.3, 0.4) is 0 Å². The summed E-state index contributed by atoms with van der Waals surface area (Å²) in [5, 5.41) is 0.0967. The third-order valence-corrected chi connectivity index (χ3v) is 4.51. The smallest absolute Gasteiger partial charge is 0.260 e. The van der Waals surface area contributed by atoms with Gasteiger partial charge in [-0.25, -0.2) is 13.4 Å². The van der Waals surface area contributed by atoms with Gasteiger partial charge in [-0.3, -0.25) is 0 Å². The Hall–Kier alpha value is -0.590. The second kappa shape index (κ2) is 4.51. The average Bonchev–Trinajstić information content (AvgIpc) is 2.63. The number of nitrogens with zero attached hydrogens (tertiary/aromatic N) is 2. The van der Waals surface area contributed by atoms with Gasteiger partial charge in [0.2, 0.25) is 0 Å². The third kappa shape index (κ3) is 2.50. The lowest BCUT2D eigenvalue weighted by atomic mass is 10.4. The molecule has 1 aromatic rings. The number of aromatic nitrogens is 2. The molecule has 5 nitrogen and oxygen atoms in total. The van der Waals surface area contributed by atoms with Gasteiger partial charge in [0.25, 0.3) is 10.0 Å². The van der Waals surface area contributed by atoms with Crippen molar-refractivity contribution in [1.82, 2.24) is 14.3 Å². The number of nitrogens with one attached hydrogen (secondary N) is 1. The van der Waals surface area contributed by atoms with Gasteiger partial charge in [0, 0.05) is 19.0 Å². The van der Waals surface area contributed by atoms with E-state index >= 15 is 0 Å². The Balaban J connectivity index is 3.03. The summed E-state index contributed by atoms with van der Waals surface area (Å²) in [5.41, 5.74) is 0. The Labute approximate surface area is 94.5 Å². The molecule has 0 aliphatic carbocycles. The summed E-state index contributed by atoms with van der Waals surface area (Å²) < 4.78 is 25.1. The fraction of sp³-hybridized carbons (Fsp3) is 0.625. The lowest BCUT2D eigenvalue weighted by molar-refractivity contribution is 0.412. The van der Waals surface area contributed by atoms with E-state index in [0.29, 0.717) is 5.82 Å². The molecule has 1 unspecified atom stereocenters. The minimum absolute atomic E-state index is 0.0967. The van der Waals surface area contributed by atoms with Gasteiger partial charge in [-0.15, -0.1) is 11.6 Å². The summed E-state index contributed by atoms with van der Waals surface area (Å²) in [7, 11) is -2.00. The number of aromatic amines is 1. The fourth-order valence-corrected chi connectivity index (χ4v) is 2.63. The molecule has 0 saturated carbocycles. The Morgan fingerprint density at radius 3 is 2.67 bits per heavy atom. The molecule has 0 aromatic carbocycles. The average molecular weight is 252 g/mol. The molecule has 0 saturated heterocycles. The number of halogens is 1. The summed E-state index contributed by atoms with van der Waals surface area (Å²) in [6.45, 7) is 3.44. The molecule has 0 bridgehead atoms. The first-order valence-corrected chi connectivity index (χ1v) is 6.42. The van der Waals surface area contributed by atoms with Gasteiger partial charge >= 0.3 is 0 Å². The minimum Gasteiger partial charge on any atom is -0.332 e. The van der Waals surface area contributed by atoms with Crippen LogP contribution in [0.1, 0.15) is 12.7 Å². The molecule has 1 rings (SSSR count). The topological polar surface area (TPSA) is 66.1 Å². The predicted molar refractivity (Wildman–Crippen MR) is 58.5 cm³/mol. The van der Waals surface area contributed by atoms with Crippen molar-refractivity contribution >= 4 is 21.6 Å². The van der Waals surface area contributed by atoms with E-state index in [1.807, 2.05) is 0 Å². The number of hydrogen-bond acceptors (Lipinski definition) is 3. The van der Waals surface area contributed by atoms with Crippen LogP contribution < -0.4 is 0 Å². The monoisotopic (exact) mass is 251 g/mol. The van der Waals surface area contributed by atoms with Crippen LogP contribution in [0.2, 0.25) is 0 Å². The van der Waals surface area contributed by atoms with Crippen molar-refractivity contribution in [3.05, 3.63) is 12.0 Å². The maximum atomic E-state index is 11.9. The van der Waals surface area contributed by atoms with Crippen molar-refractivity contribution in [3.8, 4) is 0 Å². The van der Waals surface area contributed by atoms with Crippen LogP contribution in [0.15, 0.2) is 11.2 Å². The first kappa shape index (κ1) is 12.5. The van der Waals surface area contributed by atoms with Crippen LogP contribution >= 0.6 is 11.6 Å². The summed E-state index contributed by atoms with van der Waals surface area (Å²) in [6.07, 6.45) is 1.31. The lowest BCUT2D eigenvalue weighted by Crippen LogP contribution is -2.36. The summed E-state index contributed by atoms with van der Waals surface area (Å²) in [4.78, 5) is 6.55. The molecule has 0 spiro atoms. The van der Waals surface area contributed by atoms with Gasteiger partial charge in [-0.1, -0.05) is 0 Å². The van der Waals surface area contributed by atoms with Gasteiger partial charge in [-0.2, -0.15) is 4.31 Å². The molecular formula is C8H14ClN3O2S. The second-order valence-corrected chi connectivity index (χ2v) is 5.63. The number of aryl methyl sites for hydroxylation is 1. The highest BCUT2D eigenvalue weighted by Gasteiger charge is 2.26. The van der Waals surface area contributed by atoms with Crippen molar-refractivity contribution in [1.29, 1.82) is 0 Å². The summed E-state index contributed by atoms with van der Waals surface area (Å²) >= 11 is 5.61. The molecule has 15 heavy (non-hydrogen) atoms. The van der Waals surface area contributed by atoms with Crippen molar-refractivity contribution < 1.29 is 8.42 Å². The highest BCUT2D eigenvalue weighted by atomic mass is 35.5. The Morgan fingerprint density at radius 1 is 1.67 bits per heavy atom. The van der Waals surface area contributed by atoms with Crippen molar-refractivity contribution in [2.75, 3.05) is 12.9 Å². The van der Waals surface area contributed by atoms with Gasteiger partial charge in [0.1, 0.15) is 5.82 Å². The van der Waals surface area contributed by atoms with Crippen molar-refractivity contribution in [3.63, 3.8) is 0 Å². The van der Waals surface area contributed by atoms with Crippen molar-refractivity contribution in [2.45, 2.75) is 24.9 Å². The SMILES string of the molecule is Cc1ncc(S(=O)(=O)N(C)C(C)CCl)[nH]1. The van der Waals surface area contributed by atoms with Crippen LogP contribution in [0.4, 0.5) is 0 Å². The second-order valence-electron chi connectivity index (χ2n) is 3.36. The molecule has 1 aromatic heterocycles. The predicted octanol–water partition coefficient (Wildman–Crippen LogP) is 0.966. The molecule has 0 fully saturated rings. The maximum Gasteiger partial charge on any atom is 0.260 e. The zero-order chi connectivity index (χ0) is 11.6. The molecule has 86 valence electrons. The summed E-state index contributed by atoms with van der Waals surface area (Å²) in [5.74, 6) is 0.823. The van der Waals surface area contributed by atoms with Gasteiger partial charge in [0.15, 0.2) is 5.03 Å². The molecule has 0 aliphatic heterocycles. The molecule has 1 heterocycles. The molecule has 0 radical (unpaired) electrons.